The molecule has 0 aliphatic carbocycles. The van der Waals surface area contributed by atoms with Crippen molar-refractivity contribution in [2.75, 3.05) is 6.61 Å². The zero-order valence-electron chi connectivity index (χ0n) is 16.1. The molecule has 0 amide bonds. The minimum atomic E-state index is -0.974. The zero-order valence-corrected chi connectivity index (χ0v) is 16.1. The summed E-state index contributed by atoms with van der Waals surface area (Å²) >= 11 is 0. The molecular formula is C21H22FNO6. The molecule has 0 saturated carbocycles. The van der Waals surface area contributed by atoms with Gasteiger partial charge in [0.25, 0.3) is 5.69 Å². The third-order valence-electron chi connectivity index (χ3n) is 3.62. The summed E-state index contributed by atoms with van der Waals surface area (Å²) in [5, 5.41) is 19.5. The summed E-state index contributed by atoms with van der Waals surface area (Å²) in [6.07, 6.45) is 1.70. The molecule has 0 aliphatic rings. The summed E-state index contributed by atoms with van der Waals surface area (Å²) in [5.41, 5.74) is 0.872. The summed E-state index contributed by atoms with van der Waals surface area (Å²) in [5.74, 6) is -2.17. The standard InChI is InChI=1S/C19H16FNO6.C2H6/c20-16-9-7-13(8-10-16)15(4-2-6-18(22)23)12-27-19(24)14-3-1-5-17(11-14)21(25)26;1-2/h1,3-5,7-11H,2,6,12H2,(H,22,23);1-2H3/b15-4+;. The Bertz CT molecular complexity index is 877. The van der Waals surface area contributed by atoms with Crippen LogP contribution in [-0.4, -0.2) is 28.6 Å². The SMILES string of the molecule is CC.O=C(O)CC/C=C(\COC(=O)c1cccc([N+](=O)[O-])c1)c1ccc(F)cc1. The highest BCUT2D eigenvalue weighted by atomic mass is 19.1. The molecule has 0 saturated heterocycles. The average molecular weight is 403 g/mol. The van der Waals surface area contributed by atoms with Gasteiger partial charge in [0.2, 0.25) is 0 Å². The van der Waals surface area contributed by atoms with E-state index in [1.54, 1.807) is 6.08 Å². The number of hydrogen-bond donors (Lipinski definition) is 1. The number of carbonyl (C=O) groups is 2. The van der Waals surface area contributed by atoms with Crippen molar-refractivity contribution >= 4 is 23.2 Å². The molecule has 1 N–H and O–H groups in total. The molecule has 154 valence electrons. The molecule has 2 rings (SSSR count). The van der Waals surface area contributed by atoms with E-state index in [1.807, 2.05) is 13.8 Å². The molecule has 2 aromatic carbocycles. The van der Waals surface area contributed by atoms with Crippen LogP contribution in [0.4, 0.5) is 10.1 Å². The van der Waals surface area contributed by atoms with Crippen LogP contribution >= 0.6 is 0 Å². The number of non-ortho nitro benzene ring substituents is 1. The lowest BCUT2D eigenvalue weighted by molar-refractivity contribution is -0.384. The quantitative estimate of drug-likeness (QED) is 0.383. The molecule has 0 unspecified atom stereocenters. The number of hydrogen-bond acceptors (Lipinski definition) is 5. The minimum Gasteiger partial charge on any atom is -0.481 e. The Hall–Kier alpha value is -3.55. The van der Waals surface area contributed by atoms with E-state index in [4.69, 9.17) is 9.84 Å². The third kappa shape index (κ3) is 7.92. The first-order valence-electron chi connectivity index (χ1n) is 8.95. The van der Waals surface area contributed by atoms with Gasteiger partial charge in [0.15, 0.2) is 0 Å². The van der Waals surface area contributed by atoms with Gasteiger partial charge in [0.05, 0.1) is 10.5 Å². The van der Waals surface area contributed by atoms with Crippen molar-refractivity contribution in [3.05, 3.63) is 81.7 Å². The van der Waals surface area contributed by atoms with Crippen molar-refractivity contribution in [2.45, 2.75) is 26.7 Å². The fraction of sp³-hybridized carbons (Fsp3) is 0.238. The number of carbonyl (C=O) groups excluding carboxylic acids is 1. The highest BCUT2D eigenvalue weighted by Crippen LogP contribution is 2.19. The Kier molecular flexibility index (Phi) is 9.73. The van der Waals surface area contributed by atoms with E-state index in [0.29, 0.717) is 11.1 Å². The molecule has 0 fully saturated rings. The van der Waals surface area contributed by atoms with Crippen LogP contribution in [0.25, 0.3) is 5.57 Å². The number of carboxylic acids is 1. The lowest BCUT2D eigenvalue weighted by atomic mass is 10.0. The molecule has 7 nitrogen and oxygen atoms in total. The number of nitro benzene ring substituents is 1. The average Bonchev–Trinajstić information content (AvgIpc) is 2.72. The Morgan fingerprint density at radius 2 is 1.79 bits per heavy atom. The second kappa shape index (κ2) is 12.0. The van der Waals surface area contributed by atoms with Gasteiger partial charge < -0.3 is 9.84 Å². The maximum absolute atomic E-state index is 13.1. The molecule has 0 atom stereocenters. The Labute approximate surface area is 167 Å². The van der Waals surface area contributed by atoms with Crippen LogP contribution in [0.15, 0.2) is 54.6 Å². The zero-order chi connectivity index (χ0) is 21.8. The normalized spacial score (nSPS) is 10.5. The number of esters is 1. The van der Waals surface area contributed by atoms with Gasteiger partial charge in [-0.25, -0.2) is 9.18 Å². The van der Waals surface area contributed by atoms with Crippen molar-refractivity contribution in [1.82, 2.24) is 0 Å². The van der Waals surface area contributed by atoms with Crippen LogP contribution in [0, 0.1) is 15.9 Å². The summed E-state index contributed by atoms with van der Waals surface area (Å²) in [6.45, 7) is 3.81. The van der Waals surface area contributed by atoms with E-state index < -0.39 is 22.7 Å². The van der Waals surface area contributed by atoms with E-state index in [9.17, 15) is 24.1 Å². The third-order valence-corrected chi connectivity index (χ3v) is 3.62. The summed E-state index contributed by atoms with van der Waals surface area (Å²) in [6, 6.07) is 10.6. The monoisotopic (exact) mass is 403 g/mol. The molecule has 0 aromatic heterocycles. The molecule has 29 heavy (non-hydrogen) atoms. The molecule has 0 heterocycles. The topological polar surface area (TPSA) is 107 Å². The lowest BCUT2D eigenvalue weighted by Crippen LogP contribution is -2.08. The number of benzene rings is 2. The number of carboxylic acid groups (broad SMARTS) is 1. The summed E-state index contributed by atoms with van der Waals surface area (Å²) < 4.78 is 18.3. The maximum Gasteiger partial charge on any atom is 0.338 e. The van der Waals surface area contributed by atoms with Crippen molar-refractivity contribution in [1.29, 1.82) is 0 Å². The fourth-order valence-corrected chi connectivity index (χ4v) is 2.27. The molecule has 0 bridgehead atoms. The molecule has 8 heteroatoms. The lowest BCUT2D eigenvalue weighted by Gasteiger charge is -2.10. The van der Waals surface area contributed by atoms with Gasteiger partial charge in [-0.1, -0.05) is 38.1 Å². The van der Waals surface area contributed by atoms with Gasteiger partial charge in [-0.3, -0.25) is 14.9 Å². The van der Waals surface area contributed by atoms with E-state index >= 15 is 0 Å². The Morgan fingerprint density at radius 1 is 1.14 bits per heavy atom. The first-order valence-corrected chi connectivity index (χ1v) is 8.95. The summed E-state index contributed by atoms with van der Waals surface area (Å²) in [7, 11) is 0. The van der Waals surface area contributed by atoms with Gasteiger partial charge >= 0.3 is 11.9 Å². The van der Waals surface area contributed by atoms with E-state index in [0.717, 1.165) is 6.07 Å². The predicted molar refractivity (Wildman–Crippen MR) is 106 cm³/mol. The van der Waals surface area contributed by atoms with Gasteiger partial charge in [-0.15, -0.1) is 0 Å². The van der Waals surface area contributed by atoms with Crippen molar-refractivity contribution in [2.24, 2.45) is 0 Å². The molecule has 0 spiro atoms. The number of halogens is 1. The number of rotatable bonds is 8. The van der Waals surface area contributed by atoms with Crippen LogP contribution in [0.2, 0.25) is 0 Å². The molecule has 0 radical (unpaired) electrons. The Morgan fingerprint density at radius 3 is 2.38 bits per heavy atom. The molecule has 2 aromatic rings. The highest BCUT2D eigenvalue weighted by molar-refractivity contribution is 5.90. The van der Waals surface area contributed by atoms with Crippen LogP contribution in [0.5, 0.6) is 0 Å². The van der Waals surface area contributed by atoms with Crippen molar-refractivity contribution < 1.29 is 28.7 Å². The second-order valence-corrected chi connectivity index (χ2v) is 5.55. The van der Waals surface area contributed by atoms with Gasteiger partial charge in [0, 0.05) is 18.6 Å². The number of nitrogens with zero attached hydrogens (tertiary/aromatic N) is 1. The molecule has 0 aliphatic heterocycles. The second-order valence-electron chi connectivity index (χ2n) is 5.55. The van der Waals surface area contributed by atoms with Crippen LogP contribution in [0.1, 0.15) is 42.6 Å². The van der Waals surface area contributed by atoms with Crippen LogP contribution in [-0.2, 0) is 9.53 Å². The van der Waals surface area contributed by atoms with Crippen molar-refractivity contribution in [3.63, 3.8) is 0 Å². The van der Waals surface area contributed by atoms with E-state index in [2.05, 4.69) is 0 Å². The first kappa shape index (κ1) is 23.5. The van der Waals surface area contributed by atoms with Crippen LogP contribution in [0.3, 0.4) is 0 Å². The van der Waals surface area contributed by atoms with Crippen molar-refractivity contribution in [3.8, 4) is 0 Å². The summed E-state index contributed by atoms with van der Waals surface area (Å²) in [4.78, 5) is 33.0. The fourth-order valence-electron chi connectivity index (χ4n) is 2.27. The minimum absolute atomic E-state index is 0.0215. The van der Waals surface area contributed by atoms with E-state index in [-0.39, 0.29) is 30.7 Å². The molecular weight excluding hydrogens is 381 g/mol. The predicted octanol–water partition coefficient (Wildman–Crippen LogP) is 4.87. The van der Waals surface area contributed by atoms with Gasteiger partial charge in [0.1, 0.15) is 12.4 Å². The number of nitro groups is 1. The first-order chi connectivity index (χ1) is 13.9. The number of allylic oxidation sites excluding steroid dienone is 1. The highest BCUT2D eigenvalue weighted by Gasteiger charge is 2.14. The van der Waals surface area contributed by atoms with E-state index in [1.165, 1.54) is 42.5 Å². The number of aliphatic carboxylic acids is 1. The number of ether oxygens (including phenoxy) is 1. The Balaban J connectivity index is 0.00000204. The van der Waals surface area contributed by atoms with Gasteiger partial charge in [-0.2, -0.15) is 0 Å². The van der Waals surface area contributed by atoms with Gasteiger partial charge in [-0.05, 0) is 35.8 Å². The smallest absolute Gasteiger partial charge is 0.338 e. The largest absolute Gasteiger partial charge is 0.481 e. The maximum atomic E-state index is 13.1. The van der Waals surface area contributed by atoms with Crippen LogP contribution < -0.4 is 0 Å².